The molecule has 0 spiro atoms. The van der Waals surface area contributed by atoms with Crippen molar-refractivity contribution in [2.75, 3.05) is 0 Å². The Morgan fingerprint density at radius 2 is 0.727 bits per heavy atom. The molecule has 0 aromatic heterocycles. The Labute approximate surface area is 134 Å². The van der Waals surface area contributed by atoms with Gasteiger partial charge in [0, 0.05) is 0 Å². The van der Waals surface area contributed by atoms with Crippen molar-refractivity contribution in [3.8, 4) is 0 Å². The van der Waals surface area contributed by atoms with Crippen LogP contribution in [0, 0.1) is 17.5 Å². The topological polar surface area (TPSA) is 0 Å². The Balaban J connectivity index is 2.27. The normalized spacial score (nSPS) is 10.5. The van der Waals surface area contributed by atoms with Gasteiger partial charge < -0.3 is 0 Å². The second-order valence-corrected chi connectivity index (χ2v) is 12.8. The molecule has 0 aliphatic rings. The van der Waals surface area contributed by atoms with Gasteiger partial charge in [-0.2, -0.15) is 0 Å². The molecule has 0 fully saturated rings. The molecule has 4 heteroatoms. The summed E-state index contributed by atoms with van der Waals surface area (Å²) in [7, 11) is 0. The van der Waals surface area contributed by atoms with Crippen molar-refractivity contribution in [2.24, 2.45) is 0 Å². The van der Waals surface area contributed by atoms with Crippen LogP contribution in [0.25, 0.3) is 0 Å². The molecule has 3 rings (SSSR count). The molecule has 0 aliphatic carbocycles. The maximum atomic E-state index is 14.3. The summed E-state index contributed by atoms with van der Waals surface area (Å²) < 4.78 is 44.2. The first-order valence-electron chi connectivity index (χ1n) is 6.92. The summed E-state index contributed by atoms with van der Waals surface area (Å²) in [5.74, 6) is -1.18. The van der Waals surface area contributed by atoms with E-state index in [0.29, 0.717) is 9.96 Å². The molecule has 3 aromatic rings. The van der Waals surface area contributed by atoms with E-state index >= 15 is 0 Å². The fourth-order valence-corrected chi connectivity index (χ4v) is 11.3. The van der Waals surface area contributed by atoms with Crippen molar-refractivity contribution in [3.63, 3.8) is 0 Å². The molecule has 0 radical (unpaired) electrons. The third kappa shape index (κ3) is 2.93. The van der Waals surface area contributed by atoms with E-state index in [1.54, 1.807) is 54.6 Å². The summed E-state index contributed by atoms with van der Waals surface area (Å²) in [6, 6.07) is 18.9. The second kappa shape index (κ2) is 6.61. The predicted molar refractivity (Wildman–Crippen MR) is 83.9 cm³/mol. The van der Waals surface area contributed by atoms with Crippen LogP contribution in [0.15, 0.2) is 72.8 Å². The fourth-order valence-electron chi connectivity index (χ4n) is 2.63. The van der Waals surface area contributed by atoms with Gasteiger partial charge in [-0.1, -0.05) is 0 Å². The summed E-state index contributed by atoms with van der Waals surface area (Å²) in [6.45, 7) is 0. The standard InChI is InChI=1S/3C6H4F.In/c3*7-6-4-2-1-3-5-6;/h3*1-4H;. The molecule has 108 valence electrons. The summed E-state index contributed by atoms with van der Waals surface area (Å²) in [5.41, 5.74) is 0. The van der Waals surface area contributed by atoms with Crippen molar-refractivity contribution in [1.29, 1.82) is 0 Å². The average Bonchev–Trinajstić information content (AvgIpc) is 2.53. The molecule has 0 nitrogen and oxygen atoms in total. The predicted octanol–water partition coefficient (Wildman–Crippen LogP) is 2.62. The van der Waals surface area contributed by atoms with E-state index in [2.05, 4.69) is 0 Å². The van der Waals surface area contributed by atoms with Crippen LogP contribution in [0.2, 0.25) is 0 Å². The maximum absolute atomic E-state index is 14.3. The molecule has 3 aromatic carbocycles. The van der Waals surface area contributed by atoms with Crippen LogP contribution in [-0.4, -0.2) is 21.4 Å². The van der Waals surface area contributed by atoms with E-state index in [0.717, 1.165) is 0 Å². The van der Waals surface area contributed by atoms with Crippen LogP contribution in [0.1, 0.15) is 0 Å². The van der Waals surface area contributed by atoms with Crippen molar-refractivity contribution >= 4 is 31.4 Å². The van der Waals surface area contributed by atoms with E-state index in [4.69, 9.17) is 0 Å². The molecule has 0 atom stereocenters. The molecule has 0 amide bonds. The van der Waals surface area contributed by atoms with E-state index in [1.807, 2.05) is 0 Å². The number of hydrogen-bond donors (Lipinski definition) is 0. The number of hydrogen-bond acceptors (Lipinski definition) is 0. The average molecular weight is 400 g/mol. The van der Waals surface area contributed by atoms with Crippen LogP contribution in [0.3, 0.4) is 0 Å². The zero-order valence-corrected chi connectivity index (χ0v) is 14.9. The molecule has 0 heterocycles. The first kappa shape index (κ1) is 15.2. The van der Waals surface area contributed by atoms with Crippen LogP contribution >= 0.6 is 0 Å². The second-order valence-electron chi connectivity index (χ2n) is 5.00. The SMILES string of the molecule is Fc1cccc[c]1[In]([c]1ccccc1F)[c]1ccccc1F. The fraction of sp³-hybridized carbons (Fsp3) is 0. The molecule has 0 unspecified atom stereocenters. The minimum absolute atomic E-state index is 0.394. The molecule has 22 heavy (non-hydrogen) atoms. The van der Waals surface area contributed by atoms with Gasteiger partial charge in [0.2, 0.25) is 0 Å². The Morgan fingerprint density at radius 1 is 0.455 bits per heavy atom. The third-order valence-corrected chi connectivity index (χ3v) is 13.0. The number of rotatable bonds is 3. The first-order valence-corrected chi connectivity index (χ1v) is 11.9. The van der Waals surface area contributed by atoms with Crippen LogP contribution in [-0.2, 0) is 0 Å². The summed E-state index contributed by atoms with van der Waals surface area (Å²) >= 11 is -3.43. The van der Waals surface area contributed by atoms with Gasteiger partial charge in [0.1, 0.15) is 0 Å². The quantitative estimate of drug-likeness (QED) is 0.635. The van der Waals surface area contributed by atoms with Crippen LogP contribution < -0.4 is 9.96 Å². The molecule has 0 aliphatic heterocycles. The molecule has 0 N–H and O–H groups in total. The molecular weight excluding hydrogens is 388 g/mol. The first-order chi connectivity index (χ1) is 10.7. The van der Waals surface area contributed by atoms with Gasteiger partial charge in [0.05, 0.1) is 0 Å². The van der Waals surface area contributed by atoms with Crippen LogP contribution in [0.5, 0.6) is 0 Å². The van der Waals surface area contributed by atoms with Gasteiger partial charge in [0.25, 0.3) is 0 Å². The Bertz CT molecular complexity index is 693. The van der Waals surface area contributed by atoms with Gasteiger partial charge >= 0.3 is 135 Å². The Hall–Kier alpha value is -1.68. The monoisotopic (exact) mass is 400 g/mol. The van der Waals surface area contributed by atoms with Crippen molar-refractivity contribution in [1.82, 2.24) is 0 Å². The minimum atomic E-state index is -3.43. The zero-order valence-electron chi connectivity index (χ0n) is 11.6. The zero-order chi connectivity index (χ0) is 15.5. The van der Waals surface area contributed by atoms with Gasteiger partial charge in [-0.3, -0.25) is 0 Å². The summed E-state index contributed by atoms with van der Waals surface area (Å²) in [6.07, 6.45) is 0. The molecular formula is C18H12F3In. The van der Waals surface area contributed by atoms with Crippen LogP contribution in [0.4, 0.5) is 13.2 Å². The number of halogens is 3. The van der Waals surface area contributed by atoms with Gasteiger partial charge in [-0.25, -0.2) is 0 Å². The Kier molecular flexibility index (Phi) is 4.57. The Morgan fingerprint density at radius 3 is 1.00 bits per heavy atom. The third-order valence-electron chi connectivity index (χ3n) is 3.65. The van der Waals surface area contributed by atoms with E-state index in [-0.39, 0.29) is 0 Å². The summed E-state index contributed by atoms with van der Waals surface area (Å²) in [4.78, 5) is 0. The van der Waals surface area contributed by atoms with E-state index in [1.165, 1.54) is 18.2 Å². The molecule has 0 bridgehead atoms. The van der Waals surface area contributed by atoms with Gasteiger partial charge in [0.15, 0.2) is 0 Å². The molecule has 0 saturated heterocycles. The van der Waals surface area contributed by atoms with Gasteiger partial charge in [-0.15, -0.1) is 0 Å². The van der Waals surface area contributed by atoms with Crippen molar-refractivity contribution in [2.45, 2.75) is 0 Å². The molecule has 0 saturated carbocycles. The summed E-state index contributed by atoms with van der Waals surface area (Å²) in [5, 5.41) is 0. The van der Waals surface area contributed by atoms with E-state index in [9.17, 15) is 13.2 Å². The number of benzene rings is 3. The van der Waals surface area contributed by atoms with E-state index < -0.39 is 38.9 Å². The van der Waals surface area contributed by atoms with Crippen molar-refractivity contribution < 1.29 is 13.2 Å². The van der Waals surface area contributed by atoms with Gasteiger partial charge in [-0.05, 0) is 0 Å². The van der Waals surface area contributed by atoms with Crippen molar-refractivity contribution in [3.05, 3.63) is 90.2 Å².